The van der Waals surface area contributed by atoms with Gasteiger partial charge in [-0.15, -0.1) is 0 Å². The predicted molar refractivity (Wildman–Crippen MR) is 199 cm³/mol. The van der Waals surface area contributed by atoms with Crippen LogP contribution >= 0.6 is 0 Å². The number of anilines is 2. The van der Waals surface area contributed by atoms with Gasteiger partial charge in [0.05, 0.1) is 19.2 Å². The number of piperazine rings is 1. The molecule has 0 radical (unpaired) electrons. The van der Waals surface area contributed by atoms with E-state index in [0.717, 1.165) is 105 Å². The smallest absolute Gasteiger partial charge is 0.332 e. The third kappa shape index (κ3) is 12.5. The fourth-order valence-corrected chi connectivity index (χ4v) is 6.19. The van der Waals surface area contributed by atoms with Gasteiger partial charge in [-0.1, -0.05) is 31.9 Å². The van der Waals surface area contributed by atoms with E-state index in [4.69, 9.17) is 15.3 Å². The molecule has 0 unspecified atom stereocenters. The Bertz CT molecular complexity index is 1620. The highest BCUT2D eigenvalue weighted by atomic mass is 16.7. The van der Waals surface area contributed by atoms with Gasteiger partial charge in [0.2, 0.25) is 11.9 Å². The Morgan fingerprint density at radius 1 is 0.962 bits per heavy atom. The number of nitrogens with one attached hydrogen (secondary N) is 2. The molecule has 0 aliphatic carbocycles. The van der Waals surface area contributed by atoms with Crippen LogP contribution in [0.25, 0.3) is 11.0 Å². The van der Waals surface area contributed by atoms with E-state index in [-0.39, 0.29) is 37.5 Å². The quantitative estimate of drug-likeness (QED) is 0.0832. The number of nitrogens with zero attached hydrogens (tertiary/aromatic N) is 6. The van der Waals surface area contributed by atoms with Crippen LogP contribution in [0.1, 0.15) is 75.8 Å². The van der Waals surface area contributed by atoms with Gasteiger partial charge >= 0.3 is 5.97 Å². The lowest BCUT2D eigenvalue weighted by Gasteiger charge is -2.34. The highest BCUT2D eigenvalue weighted by molar-refractivity contribution is 5.87. The Kier molecular flexibility index (Phi) is 16.1. The second-order valence-corrected chi connectivity index (χ2v) is 13.1. The number of aldehydes is 1. The summed E-state index contributed by atoms with van der Waals surface area (Å²) in [7, 11) is 3.04. The number of aromatic nitrogens is 3. The molecule has 52 heavy (non-hydrogen) atoms. The number of hydrogen-bond acceptors (Lipinski definition) is 12. The summed E-state index contributed by atoms with van der Waals surface area (Å²) in [6.07, 6.45) is 7.47. The third-order valence-corrected chi connectivity index (χ3v) is 9.09. The molecule has 284 valence electrons. The molecule has 4 rings (SSSR count). The van der Waals surface area contributed by atoms with E-state index < -0.39 is 11.9 Å². The molecule has 1 aromatic carbocycles. The SMILES string of the molecule is CCCCCNc1nc(N)nc2ccn(Cc3ccc(CN4CCN(CCCNC(=O)CCCC(=O)ON(C)C(=O)CCC=O)CC4)cc3OC)c12. The molecule has 1 aliphatic heterocycles. The largest absolute Gasteiger partial charge is 0.496 e. The minimum atomic E-state index is -0.589. The Labute approximate surface area is 306 Å². The van der Waals surface area contributed by atoms with Crippen molar-refractivity contribution in [2.45, 2.75) is 77.8 Å². The zero-order valence-electron chi connectivity index (χ0n) is 30.9. The van der Waals surface area contributed by atoms with Crippen molar-refractivity contribution in [3.8, 4) is 5.75 Å². The number of carbonyl (C=O) groups excluding carboxylic acids is 4. The number of methoxy groups -OCH3 is 1. The van der Waals surface area contributed by atoms with Crippen molar-refractivity contribution in [1.82, 2.24) is 34.7 Å². The summed E-state index contributed by atoms with van der Waals surface area (Å²) in [5.41, 5.74) is 10.0. The van der Waals surface area contributed by atoms with Gasteiger partial charge in [-0.05, 0) is 43.5 Å². The van der Waals surface area contributed by atoms with Gasteiger partial charge in [-0.3, -0.25) is 14.5 Å². The van der Waals surface area contributed by atoms with Crippen molar-refractivity contribution in [3.05, 3.63) is 41.6 Å². The average Bonchev–Trinajstić information content (AvgIpc) is 3.54. The van der Waals surface area contributed by atoms with Crippen molar-refractivity contribution in [1.29, 1.82) is 0 Å². The molecule has 15 heteroatoms. The van der Waals surface area contributed by atoms with Crippen LogP contribution in [0.4, 0.5) is 11.8 Å². The Hall–Kier alpha value is -4.76. The van der Waals surface area contributed by atoms with Gasteiger partial charge < -0.3 is 40.2 Å². The number of rotatable bonds is 21. The second kappa shape index (κ2) is 20.9. The first-order valence-corrected chi connectivity index (χ1v) is 18.3. The second-order valence-electron chi connectivity index (χ2n) is 13.1. The topological polar surface area (TPSA) is 177 Å². The maximum atomic E-state index is 12.2. The normalized spacial score (nSPS) is 13.5. The molecule has 3 aromatic rings. The molecule has 2 amide bonds. The first kappa shape index (κ1) is 40.0. The molecule has 3 heterocycles. The summed E-state index contributed by atoms with van der Waals surface area (Å²) in [6, 6.07) is 8.43. The first-order chi connectivity index (χ1) is 25.2. The van der Waals surface area contributed by atoms with Gasteiger partial charge in [-0.2, -0.15) is 10.0 Å². The number of amides is 2. The van der Waals surface area contributed by atoms with Gasteiger partial charge in [-0.25, -0.2) is 9.78 Å². The molecule has 4 N–H and O–H groups in total. The van der Waals surface area contributed by atoms with Crippen LogP contribution in [-0.2, 0) is 37.1 Å². The number of nitrogen functional groups attached to an aromatic ring is 1. The van der Waals surface area contributed by atoms with E-state index in [1.165, 1.54) is 12.6 Å². The van der Waals surface area contributed by atoms with Crippen molar-refractivity contribution in [2.24, 2.45) is 0 Å². The summed E-state index contributed by atoms with van der Waals surface area (Å²) in [5, 5.41) is 7.22. The standard InChI is InChI=1S/C37H55N9O6/c1-4-5-6-16-40-36-35-30(41-37(38)42-36)15-19-46(35)27-29-14-13-28(25-31(29)51-3)26-45-22-20-44(21-23-45)18-9-17-39-32(48)10-7-12-34(50)52-43(2)33(49)11-8-24-47/h13-15,19,24-25H,4-12,16-18,20-23,26-27H2,1-3H3,(H,39,48)(H3,38,40,41,42). The summed E-state index contributed by atoms with van der Waals surface area (Å²) < 4.78 is 7.99. The van der Waals surface area contributed by atoms with Gasteiger partial charge in [0.25, 0.3) is 5.91 Å². The van der Waals surface area contributed by atoms with E-state index in [1.807, 2.05) is 12.3 Å². The lowest BCUT2D eigenvalue weighted by Crippen LogP contribution is -2.46. The number of fused-ring (bicyclic) bond motifs is 1. The fourth-order valence-electron chi connectivity index (χ4n) is 6.19. The molecule has 0 bridgehead atoms. The molecular formula is C37H55N9O6. The number of carbonyl (C=O) groups is 4. The Morgan fingerprint density at radius 2 is 1.75 bits per heavy atom. The van der Waals surface area contributed by atoms with Crippen LogP contribution in [0.15, 0.2) is 30.5 Å². The molecule has 1 saturated heterocycles. The van der Waals surface area contributed by atoms with E-state index in [1.54, 1.807) is 7.11 Å². The lowest BCUT2D eigenvalue weighted by molar-refractivity contribution is -0.192. The minimum Gasteiger partial charge on any atom is -0.496 e. The Morgan fingerprint density at radius 3 is 2.50 bits per heavy atom. The number of ether oxygens (including phenoxy) is 1. The summed E-state index contributed by atoms with van der Waals surface area (Å²) >= 11 is 0. The van der Waals surface area contributed by atoms with Crippen molar-refractivity contribution in [3.63, 3.8) is 0 Å². The van der Waals surface area contributed by atoms with Crippen LogP contribution in [0.5, 0.6) is 5.75 Å². The van der Waals surface area contributed by atoms with Gasteiger partial charge in [0.15, 0.2) is 5.82 Å². The highest BCUT2D eigenvalue weighted by Gasteiger charge is 2.19. The van der Waals surface area contributed by atoms with E-state index in [2.05, 4.69) is 60.1 Å². The summed E-state index contributed by atoms with van der Waals surface area (Å²) in [6.45, 7) is 9.76. The van der Waals surface area contributed by atoms with Crippen molar-refractivity contribution < 1.29 is 28.8 Å². The van der Waals surface area contributed by atoms with Crippen molar-refractivity contribution >= 4 is 46.9 Å². The predicted octanol–water partition coefficient (Wildman–Crippen LogP) is 3.36. The maximum absolute atomic E-state index is 12.2. The molecule has 15 nitrogen and oxygen atoms in total. The monoisotopic (exact) mass is 721 g/mol. The van der Waals surface area contributed by atoms with E-state index in [9.17, 15) is 19.2 Å². The molecule has 0 spiro atoms. The molecule has 2 aromatic heterocycles. The number of hydrogen-bond donors (Lipinski definition) is 3. The molecule has 1 fully saturated rings. The molecule has 1 aliphatic rings. The molecule has 0 saturated carbocycles. The van der Waals surface area contributed by atoms with Crippen LogP contribution in [-0.4, -0.2) is 113 Å². The van der Waals surface area contributed by atoms with Crippen LogP contribution < -0.4 is 21.1 Å². The summed E-state index contributed by atoms with van der Waals surface area (Å²) in [5.74, 6) is 0.706. The number of unbranched alkanes of at least 4 members (excludes halogenated alkanes) is 2. The number of benzene rings is 1. The fraction of sp³-hybridized carbons (Fsp3) is 0.568. The zero-order valence-corrected chi connectivity index (χ0v) is 30.9. The van der Waals surface area contributed by atoms with E-state index in [0.29, 0.717) is 25.8 Å². The molecular weight excluding hydrogens is 666 g/mol. The van der Waals surface area contributed by atoms with Crippen LogP contribution in [0, 0.1) is 0 Å². The van der Waals surface area contributed by atoms with Gasteiger partial charge in [0, 0.05) is 90.3 Å². The first-order valence-electron chi connectivity index (χ1n) is 18.3. The number of nitrogens with two attached hydrogens (primary N) is 1. The maximum Gasteiger partial charge on any atom is 0.332 e. The van der Waals surface area contributed by atoms with Gasteiger partial charge in [0.1, 0.15) is 17.6 Å². The minimum absolute atomic E-state index is 0.0169. The zero-order chi connectivity index (χ0) is 37.3. The lowest BCUT2D eigenvalue weighted by atomic mass is 10.1. The van der Waals surface area contributed by atoms with Crippen LogP contribution in [0.2, 0.25) is 0 Å². The summed E-state index contributed by atoms with van der Waals surface area (Å²) in [4.78, 5) is 65.0. The average molecular weight is 722 g/mol. The van der Waals surface area contributed by atoms with Crippen molar-refractivity contribution in [2.75, 3.05) is 71.0 Å². The molecule has 0 atom stereocenters. The van der Waals surface area contributed by atoms with E-state index >= 15 is 0 Å². The highest BCUT2D eigenvalue weighted by Crippen LogP contribution is 2.27. The Balaban J connectivity index is 1.15. The number of hydroxylamine groups is 2. The third-order valence-electron chi connectivity index (χ3n) is 9.09. The van der Waals surface area contributed by atoms with Crippen LogP contribution in [0.3, 0.4) is 0 Å².